The van der Waals surface area contributed by atoms with Crippen LogP contribution in [0.25, 0.3) is 0 Å². The molecule has 0 aliphatic carbocycles. The van der Waals surface area contributed by atoms with Crippen molar-refractivity contribution in [3.8, 4) is 0 Å². The molecule has 0 bridgehead atoms. The Hall–Kier alpha value is -0.200. The highest BCUT2D eigenvalue weighted by molar-refractivity contribution is 4.86. The molecule has 5 heteroatoms. The molecule has 0 amide bonds. The summed E-state index contributed by atoms with van der Waals surface area (Å²) < 4.78 is 10.5. The standard InChI is InChI=1S/C11H22O5/c1-7-8(5-3-4-6-12)16-11(15-2)10(14)9(7)13/h7-14H,3-6H2,1-2H3/t7-,8?,9+,10?,11-/m1/s1. The van der Waals surface area contributed by atoms with Gasteiger partial charge in [0.05, 0.1) is 12.2 Å². The first-order valence-electron chi connectivity index (χ1n) is 5.77. The van der Waals surface area contributed by atoms with Crippen molar-refractivity contribution >= 4 is 0 Å². The SMILES string of the molecule is CO[C@@H]1OC(CCCCO)[C@@H](C)[C@H](O)C1O. The van der Waals surface area contributed by atoms with Crippen LogP contribution in [0.4, 0.5) is 0 Å². The van der Waals surface area contributed by atoms with Crippen LogP contribution in [0.2, 0.25) is 0 Å². The number of unbranched alkanes of at least 4 members (excludes halogenated alkanes) is 1. The van der Waals surface area contributed by atoms with Gasteiger partial charge < -0.3 is 24.8 Å². The van der Waals surface area contributed by atoms with Gasteiger partial charge in [-0.2, -0.15) is 0 Å². The van der Waals surface area contributed by atoms with Gasteiger partial charge in [0.25, 0.3) is 0 Å². The van der Waals surface area contributed by atoms with E-state index in [1.165, 1.54) is 7.11 Å². The molecule has 3 N–H and O–H groups in total. The summed E-state index contributed by atoms with van der Waals surface area (Å²) in [6, 6.07) is 0. The number of hydrogen-bond acceptors (Lipinski definition) is 5. The van der Waals surface area contributed by atoms with Crippen molar-refractivity contribution < 1.29 is 24.8 Å². The van der Waals surface area contributed by atoms with E-state index in [1.807, 2.05) is 6.92 Å². The molecular weight excluding hydrogens is 212 g/mol. The van der Waals surface area contributed by atoms with Crippen molar-refractivity contribution in [3.63, 3.8) is 0 Å². The number of aliphatic hydroxyl groups excluding tert-OH is 3. The lowest BCUT2D eigenvalue weighted by atomic mass is 9.88. The third-order valence-corrected chi connectivity index (χ3v) is 3.19. The average molecular weight is 234 g/mol. The topological polar surface area (TPSA) is 79.2 Å². The number of ether oxygens (including phenoxy) is 2. The second-order valence-electron chi connectivity index (χ2n) is 4.34. The van der Waals surface area contributed by atoms with Gasteiger partial charge in [-0.25, -0.2) is 0 Å². The lowest BCUT2D eigenvalue weighted by Gasteiger charge is -2.41. The van der Waals surface area contributed by atoms with Crippen molar-refractivity contribution in [1.82, 2.24) is 0 Å². The second-order valence-corrected chi connectivity index (χ2v) is 4.34. The molecule has 0 saturated carbocycles. The maximum Gasteiger partial charge on any atom is 0.185 e. The Morgan fingerprint density at radius 1 is 1.19 bits per heavy atom. The van der Waals surface area contributed by atoms with Crippen LogP contribution < -0.4 is 0 Å². The van der Waals surface area contributed by atoms with Crippen molar-refractivity contribution in [2.75, 3.05) is 13.7 Å². The van der Waals surface area contributed by atoms with Crippen molar-refractivity contribution in [3.05, 3.63) is 0 Å². The minimum Gasteiger partial charge on any atom is -0.396 e. The molecule has 96 valence electrons. The summed E-state index contributed by atoms with van der Waals surface area (Å²) in [6.45, 7) is 2.02. The van der Waals surface area contributed by atoms with Crippen LogP contribution in [0.15, 0.2) is 0 Å². The minimum absolute atomic E-state index is 0.125. The van der Waals surface area contributed by atoms with E-state index in [9.17, 15) is 10.2 Å². The molecule has 0 radical (unpaired) electrons. The predicted molar refractivity (Wildman–Crippen MR) is 57.8 cm³/mol. The second kappa shape index (κ2) is 6.51. The van der Waals surface area contributed by atoms with Crippen LogP contribution in [0, 0.1) is 5.92 Å². The van der Waals surface area contributed by atoms with Crippen LogP contribution in [-0.2, 0) is 9.47 Å². The molecule has 1 aliphatic heterocycles. The van der Waals surface area contributed by atoms with Crippen LogP contribution in [0.5, 0.6) is 0 Å². The van der Waals surface area contributed by atoms with Crippen molar-refractivity contribution in [1.29, 1.82) is 0 Å². The molecule has 2 unspecified atom stereocenters. The van der Waals surface area contributed by atoms with E-state index in [-0.39, 0.29) is 18.6 Å². The fraction of sp³-hybridized carbons (Fsp3) is 1.00. The largest absolute Gasteiger partial charge is 0.396 e. The molecule has 1 heterocycles. The summed E-state index contributed by atoms with van der Waals surface area (Å²) >= 11 is 0. The molecule has 0 spiro atoms. The highest BCUT2D eigenvalue weighted by Crippen LogP contribution is 2.29. The third-order valence-electron chi connectivity index (χ3n) is 3.19. The lowest BCUT2D eigenvalue weighted by molar-refractivity contribution is -0.276. The van der Waals surface area contributed by atoms with Gasteiger partial charge in [0.2, 0.25) is 0 Å². The highest BCUT2D eigenvalue weighted by Gasteiger charge is 2.41. The van der Waals surface area contributed by atoms with Crippen molar-refractivity contribution in [2.24, 2.45) is 5.92 Å². The fourth-order valence-corrected chi connectivity index (χ4v) is 2.05. The Balaban J connectivity index is 2.50. The zero-order chi connectivity index (χ0) is 12.1. The maximum absolute atomic E-state index is 9.82. The molecule has 1 aliphatic rings. The van der Waals surface area contributed by atoms with E-state index in [0.29, 0.717) is 0 Å². The van der Waals surface area contributed by atoms with Crippen LogP contribution in [-0.4, -0.2) is 53.6 Å². The van der Waals surface area contributed by atoms with Crippen LogP contribution >= 0.6 is 0 Å². The van der Waals surface area contributed by atoms with E-state index in [0.717, 1.165) is 19.3 Å². The summed E-state index contributed by atoms with van der Waals surface area (Å²) in [5.74, 6) is -0.125. The Morgan fingerprint density at radius 3 is 2.44 bits per heavy atom. The molecule has 16 heavy (non-hydrogen) atoms. The van der Waals surface area contributed by atoms with E-state index < -0.39 is 18.5 Å². The number of aliphatic hydroxyl groups is 3. The van der Waals surface area contributed by atoms with E-state index in [1.54, 1.807) is 0 Å². The van der Waals surface area contributed by atoms with Gasteiger partial charge in [-0.05, 0) is 19.3 Å². The van der Waals surface area contributed by atoms with Crippen LogP contribution in [0.1, 0.15) is 26.2 Å². The predicted octanol–water partition coefficient (Wildman–Crippen LogP) is -0.122. The van der Waals surface area contributed by atoms with Gasteiger partial charge in [0.15, 0.2) is 6.29 Å². The molecule has 5 nitrogen and oxygen atoms in total. The quantitative estimate of drug-likeness (QED) is 0.578. The first-order valence-corrected chi connectivity index (χ1v) is 5.77. The van der Waals surface area contributed by atoms with E-state index in [2.05, 4.69) is 0 Å². The average Bonchev–Trinajstić information content (AvgIpc) is 2.29. The van der Waals surface area contributed by atoms with Gasteiger partial charge in [0.1, 0.15) is 6.10 Å². The molecule has 1 saturated heterocycles. The maximum atomic E-state index is 9.82. The Bertz CT molecular complexity index is 197. The molecule has 1 fully saturated rings. The van der Waals surface area contributed by atoms with Gasteiger partial charge in [-0.15, -0.1) is 0 Å². The zero-order valence-corrected chi connectivity index (χ0v) is 9.87. The van der Waals surface area contributed by atoms with Gasteiger partial charge in [0, 0.05) is 19.6 Å². The lowest BCUT2D eigenvalue weighted by Crippen LogP contribution is -2.54. The Morgan fingerprint density at radius 2 is 1.88 bits per heavy atom. The molecular formula is C11H22O5. The Labute approximate surface area is 96.0 Å². The number of rotatable bonds is 5. The smallest absolute Gasteiger partial charge is 0.185 e. The summed E-state index contributed by atoms with van der Waals surface area (Å²) in [6.07, 6.45) is -0.383. The molecule has 0 aromatic carbocycles. The van der Waals surface area contributed by atoms with Gasteiger partial charge in [-0.1, -0.05) is 6.92 Å². The highest BCUT2D eigenvalue weighted by atomic mass is 16.7. The summed E-state index contributed by atoms with van der Waals surface area (Å²) in [4.78, 5) is 0. The van der Waals surface area contributed by atoms with E-state index >= 15 is 0 Å². The molecule has 0 aromatic heterocycles. The van der Waals surface area contributed by atoms with Gasteiger partial charge in [-0.3, -0.25) is 0 Å². The zero-order valence-electron chi connectivity index (χ0n) is 9.87. The minimum atomic E-state index is -0.992. The molecule has 0 aromatic rings. The first kappa shape index (κ1) is 13.9. The van der Waals surface area contributed by atoms with Crippen LogP contribution in [0.3, 0.4) is 0 Å². The molecule has 5 atom stereocenters. The normalized spacial score (nSPS) is 39.9. The number of methoxy groups -OCH3 is 1. The van der Waals surface area contributed by atoms with E-state index in [4.69, 9.17) is 14.6 Å². The Kier molecular flexibility index (Phi) is 5.64. The monoisotopic (exact) mass is 234 g/mol. The van der Waals surface area contributed by atoms with Crippen molar-refractivity contribution in [2.45, 2.75) is 50.8 Å². The first-order chi connectivity index (χ1) is 7.61. The van der Waals surface area contributed by atoms with Gasteiger partial charge >= 0.3 is 0 Å². The summed E-state index contributed by atoms with van der Waals surface area (Å²) in [5.41, 5.74) is 0. The fourth-order valence-electron chi connectivity index (χ4n) is 2.05. The number of hydrogen-bond donors (Lipinski definition) is 3. The third kappa shape index (κ3) is 3.15. The summed E-state index contributed by atoms with van der Waals surface area (Å²) in [5, 5.41) is 28.2. The summed E-state index contributed by atoms with van der Waals surface area (Å²) in [7, 11) is 1.45. The molecule has 1 rings (SSSR count).